The van der Waals surface area contributed by atoms with Gasteiger partial charge < -0.3 is 9.47 Å². The van der Waals surface area contributed by atoms with Gasteiger partial charge >= 0.3 is 0 Å². The molecule has 3 aromatic carbocycles. The van der Waals surface area contributed by atoms with Crippen molar-refractivity contribution >= 4 is 60.1 Å². The minimum Gasteiger partial charge on any atom is -0.478 e. The molecule has 0 aromatic heterocycles. The van der Waals surface area contributed by atoms with Crippen LogP contribution >= 0.6 is 48.3 Å². The van der Waals surface area contributed by atoms with E-state index in [1.165, 1.54) is 23.5 Å². The smallest absolute Gasteiger partial charge is 0.213 e. The Balaban J connectivity index is 0.00000306. The average Bonchev–Trinajstić information content (AvgIpc) is 2.83. The molecule has 0 heterocycles. The summed E-state index contributed by atoms with van der Waals surface area (Å²) in [5.41, 5.74) is 3.59. The molecule has 0 saturated carbocycles. The highest BCUT2D eigenvalue weighted by Gasteiger charge is 2.11. The molecule has 3 aromatic rings. The fraction of sp³-hybridized carbons (Fsp3) is 0.231. The minimum atomic E-state index is -0.197. The summed E-state index contributed by atoms with van der Waals surface area (Å²) in [6.45, 7) is 4.64. The van der Waals surface area contributed by atoms with Crippen LogP contribution in [-0.2, 0) is 21.0 Å². The Hall–Kier alpha value is -2.19. The molecular weight excluding hydrogens is 526 g/mol. The summed E-state index contributed by atoms with van der Waals surface area (Å²) in [7, 11) is 0. The van der Waals surface area contributed by atoms with E-state index >= 15 is 4.39 Å². The lowest BCUT2D eigenvalue weighted by molar-refractivity contribution is 0.325. The van der Waals surface area contributed by atoms with Crippen LogP contribution < -0.4 is 0 Å². The molecule has 0 aliphatic heterocycles. The highest BCUT2D eigenvalue weighted by molar-refractivity contribution is 7.99. The summed E-state index contributed by atoms with van der Waals surface area (Å²) in [4.78, 5) is 1.23. The maximum absolute atomic E-state index is 15.1. The number of halogens is 3. The van der Waals surface area contributed by atoms with Gasteiger partial charge in [-0.25, -0.2) is 4.39 Å². The van der Waals surface area contributed by atoms with Crippen LogP contribution in [0.3, 0.4) is 0 Å². The SMILES string of the molecule is CCOC(=N)c1ccc(CSc2cccc(SCc3ccc(C(=N)OCC)cc3)c2F)cc1.Cl.Cl. The Morgan fingerprint density at radius 3 is 1.40 bits per heavy atom. The Kier molecular flexibility index (Phi) is 13.9. The molecule has 9 heteroatoms. The third-order valence-electron chi connectivity index (χ3n) is 4.73. The predicted molar refractivity (Wildman–Crippen MR) is 150 cm³/mol. The monoisotopic (exact) mass is 554 g/mol. The van der Waals surface area contributed by atoms with Crippen LogP contribution in [0.4, 0.5) is 4.39 Å². The van der Waals surface area contributed by atoms with Gasteiger partial charge in [-0.15, -0.1) is 48.3 Å². The Morgan fingerprint density at radius 1 is 0.686 bits per heavy atom. The molecule has 0 aliphatic rings. The maximum atomic E-state index is 15.1. The summed E-state index contributed by atoms with van der Waals surface area (Å²) in [6.07, 6.45) is 0. The third kappa shape index (κ3) is 9.08. The lowest BCUT2D eigenvalue weighted by Gasteiger charge is -2.10. The fourth-order valence-corrected chi connectivity index (χ4v) is 4.91. The zero-order chi connectivity index (χ0) is 23.6. The van der Waals surface area contributed by atoms with E-state index in [-0.39, 0.29) is 42.4 Å². The van der Waals surface area contributed by atoms with E-state index in [0.717, 1.165) is 22.3 Å². The van der Waals surface area contributed by atoms with Gasteiger partial charge in [-0.3, -0.25) is 10.8 Å². The van der Waals surface area contributed by atoms with Gasteiger partial charge in [0.05, 0.1) is 13.2 Å². The molecule has 0 radical (unpaired) electrons. The molecule has 0 bridgehead atoms. The van der Waals surface area contributed by atoms with Crippen LogP contribution in [0.1, 0.15) is 36.1 Å². The van der Waals surface area contributed by atoms with E-state index in [1.54, 1.807) is 12.1 Å². The van der Waals surface area contributed by atoms with Crippen LogP contribution in [0.5, 0.6) is 0 Å². The lowest BCUT2D eigenvalue weighted by Crippen LogP contribution is -2.04. The number of benzene rings is 3. The van der Waals surface area contributed by atoms with E-state index in [2.05, 4.69) is 0 Å². The first-order chi connectivity index (χ1) is 16.0. The number of thioether (sulfide) groups is 2. The molecule has 35 heavy (non-hydrogen) atoms. The summed E-state index contributed by atoms with van der Waals surface area (Å²) in [5, 5.41) is 15.7. The third-order valence-corrected chi connectivity index (χ3v) is 6.93. The van der Waals surface area contributed by atoms with Crippen LogP contribution in [0, 0.1) is 16.6 Å². The van der Waals surface area contributed by atoms with Gasteiger partial charge in [0, 0.05) is 32.4 Å². The molecule has 0 amide bonds. The van der Waals surface area contributed by atoms with Crippen molar-refractivity contribution in [2.24, 2.45) is 0 Å². The lowest BCUT2D eigenvalue weighted by atomic mass is 10.1. The van der Waals surface area contributed by atoms with Crippen molar-refractivity contribution < 1.29 is 13.9 Å². The largest absolute Gasteiger partial charge is 0.478 e. The van der Waals surface area contributed by atoms with E-state index in [9.17, 15) is 0 Å². The molecule has 0 atom stereocenters. The van der Waals surface area contributed by atoms with Gasteiger partial charge in [0.2, 0.25) is 11.8 Å². The van der Waals surface area contributed by atoms with Gasteiger partial charge in [0.15, 0.2) is 0 Å². The highest BCUT2D eigenvalue weighted by atomic mass is 35.5. The van der Waals surface area contributed by atoms with Gasteiger partial charge in [-0.05, 0) is 61.4 Å². The van der Waals surface area contributed by atoms with E-state index in [4.69, 9.17) is 20.3 Å². The molecule has 0 unspecified atom stereocenters. The highest BCUT2D eigenvalue weighted by Crippen LogP contribution is 2.33. The van der Waals surface area contributed by atoms with Crippen LogP contribution in [-0.4, -0.2) is 25.0 Å². The summed E-state index contributed by atoms with van der Waals surface area (Å²) in [6, 6.07) is 20.7. The second kappa shape index (κ2) is 15.7. The quantitative estimate of drug-likeness (QED) is 0.151. The standard InChI is InChI=1S/C26H27FN2O2S2.2ClH/c1-3-30-25(28)20-12-8-18(9-13-20)16-32-22-6-5-7-23(24(22)27)33-17-19-10-14-21(15-11-19)26(29)31-4-2;;/h5-15,28-29H,3-4,16-17H2,1-2H3;2*1H. The maximum Gasteiger partial charge on any atom is 0.213 e. The van der Waals surface area contributed by atoms with Crippen molar-refractivity contribution in [3.63, 3.8) is 0 Å². The number of hydrogen-bond donors (Lipinski definition) is 2. The van der Waals surface area contributed by atoms with Gasteiger partial charge in [-0.2, -0.15) is 0 Å². The molecule has 0 spiro atoms. The number of rotatable bonds is 10. The molecular formula is C26H29Cl2FN2O2S2. The van der Waals surface area contributed by atoms with Gasteiger partial charge in [0.25, 0.3) is 0 Å². The number of ether oxygens (including phenoxy) is 2. The summed E-state index contributed by atoms with van der Waals surface area (Å²) < 4.78 is 25.5. The fourth-order valence-electron chi connectivity index (χ4n) is 3.00. The average molecular weight is 556 g/mol. The summed E-state index contributed by atoms with van der Waals surface area (Å²) in [5.74, 6) is 1.41. The van der Waals surface area contributed by atoms with Crippen molar-refractivity contribution in [1.82, 2.24) is 0 Å². The van der Waals surface area contributed by atoms with Crippen LogP contribution in [0.25, 0.3) is 0 Å². The zero-order valence-electron chi connectivity index (χ0n) is 19.5. The second-order valence-corrected chi connectivity index (χ2v) is 9.10. The minimum absolute atomic E-state index is 0. The van der Waals surface area contributed by atoms with E-state index in [1.807, 2.05) is 68.4 Å². The van der Waals surface area contributed by atoms with Crippen LogP contribution in [0.15, 0.2) is 76.5 Å². The van der Waals surface area contributed by atoms with Crippen molar-refractivity contribution in [3.8, 4) is 0 Å². The predicted octanol–water partition coefficient (Wildman–Crippen LogP) is 7.98. The Bertz CT molecular complexity index is 1010. The number of nitrogens with one attached hydrogen (secondary N) is 2. The first-order valence-electron chi connectivity index (χ1n) is 10.7. The van der Waals surface area contributed by atoms with Gasteiger partial charge in [0.1, 0.15) is 5.82 Å². The van der Waals surface area contributed by atoms with Gasteiger partial charge in [-0.1, -0.05) is 30.3 Å². The Morgan fingerprint density at radius 2 is 1.06 bits per heavy atom. The van der Waals surface area contributed by atoms with Crippen molar-refractivity contribution in [2.75, 3.05) is 13.2 Å². The molecule has 0 fully saturated rings. The zero-order valence-corrected chi connectivity index (χ0v) is 22.8. The molecule has 3 rings (SSSR count). The molecule has 4 nitrogen and oxygen atoms in total. The van der Waals surface area contributed by atoms with Crippen molar-refractivity contribution in [2.45, 2.75) is 35.1 Å². The topological polar surface area (TPSA) is 66.2 Å². The molecule has 2 N–H and O–H groups in total. The van der Waals surface area contributed by atoms with E-state index < -0.39 is 0 Å². The Labute approximate surface area is 227 Å². The summed E-state index contributed by atoms with van der Waals surface area (Å²) >= 11 is 2.92. The normalized spacial score (nSPS) is 10.0. The first-order valence-corrected chi connectivity index (χ1v) is 12.6. The second-order valence-electron chi connectivity index (χ2n) is 7.06. The van der Waals surface area contributed by atoms with Crippen LogP contribution in [0.2, 0.25) is 0 Å². The van der Waals surface area contributed by atoms with Crippen molar-refractivity contribution in [3.05, 3.63) is 94.8 Å². The molecule has 0 aliphatic carbocycles. The molecule has 188 valence electrons. The van der Waals surface area contributed by atoms with Crippen molar-refractivity contribution in [1.29, 1.82) is 10.8 Å². The number of hydrogen-bond acceptors (Lipinski definition) is 6. The first kappa shape index (κ1) is 30.8. The van der Waals surface area contributed by atoms with E-state index in [0.29, 0.717) is 34.5 Å². The molecule has 0 saturated heterocycles.